The smallest absolute Gasteiger partial charge is 0.194 e. The molecular formula is C21H24F3N3. The lowest BCUT2D eigenvalue weighted by Crippen LogP contribution is -2.23. The van der Waals surface area contributed by atoms with Crippen LogP contribution >= 0.6 is 0 Å². The summed E-state index contributed by atoms with van der Waals surface area (Å²) in [6.45, 7) is 0.752. The van der Waals surface area contributed by atoms with E-state index in [-0.39, 0.29) is 11.5 Å². The fourth-order valence-electron chi connectivity index (χ4n) is 5.73. The van der Waals surface area contributed by atoms with E-state index in [2.05, 4.69) is 0 Å². The van der Waals surface area contributed by atoms with Gasteiger partial charge in [0.2, 0.25) is 0 Å². The summed E-state index contributed by atoms with van der Waals surface area (Å²) < 4.78 is 43.3. The third kappa shape index (κ3) is 2.88. The van der Waals surface area contributed by atoms with Crippen molar-refractivity contribution in [1.29, 1.82) is 0 Å². The lowest BCUT2D eigenvalue weighted by atomic mass is 9.77. The van der Waals surface area contributed by atoms with Crippen molar-refractivity contribution in [3.05, 3.63) is 46.8 Å². The molecule has 2 fully saturated rings. The van der Waals surface area contributed by atoms with Gasteiger partial charge in [-0.1, -0.05) is 25.3 Å². The van der Waals surface area contributed by atoms with Gasteiger partial charge in [-0.3, -0.25) is 0 Å². The number of halogens is 3. The van der Waals surface area contributed by atoms with E-state index in [4.69, 9.17) is 10.1 Å². The minimum atomic E-state index is -1.40. The zero-order valence-electron chi connectivity index (χ0n) is 15.3. The molecule has 1 aromatic carbocycles. The van der Waals surface area contributed by atoms with Gasteiger partial charge in [0.15, 0.2) is 23.3 Å². The number of aromatic nitrogens is 3. The van der Waals surface area contributed by atoms with Gasteiger partial charge in [0, 0.05) is 24.4 Å². The normalized spacial score (nSPS) is 29.7. The molecular weight excluding hydrogens is 351 g/mol. The van der Waals surface area contributed by atoms with Crippen LogP contribution in [0.4, 0.5) is 13.2 Å². The van der Waals surface area contributed by atoms with E-state index < -0.39 is 17.5 Å². The second-order valence-electron chi connectivity index (χ2n) is 8.47. The van der Waals surface area contributed by atoms with Crippen LogP contribution in [0.3, 0.4) is 0 Å². The van der Waals surface area contributed by atoms with Gasteiger partial charge in [0.05, 0.1) is 0 Å². The second kappa shape index (κ2) is 6.64. The molecule has 0 N–H and O–H groups in total. The van der Waals surface area contributed by atoms with Crippen LogP contribution in [-0.4, -0.2) is 14.8 Å². The number of fused-ring (bicyclic) bond motifs is 3. The third-order valence-corrected chi connectivity index (χ3v) is 7.05. The maximum atomic E-state index is 14.4. The number of rotatable bonds is 3. The molecule has 2 aliphatic carbocycles. The summed E-state index contributed by atoms with van der Waals surface area (Å²) >= 11 is 0. The van der Waals surface area contributed by atoms with Crippen LogP contribution in [0.2, 0.25) is 0 Å². The van der Waals surface area contributed by atoms with Crippen LogP contribution in [-0.2, 0) is 13.0 Å². The Morgan fingerprint density at radius 3 is 2.48 bits per heavy atom. The summed E-state index contributed by atoms with van der Waals surface area (Å²) in [6, 6.07) is 2.35. The average Bonchev–Trinajstić information content (AvgIpc) is 3.16. The molecule has 3 aliphatic rings. The van der Waals surface area contributed by atoms with Crippen LogP contribution in [0.5, 0.6) is 0 Å². The summed E-state index contributed by atoms with van der Waals surface area (Å²) in [6.07, 6.45) is 9.02. The molecule has 27 heavy (non-hydrogen) atoms. The van der Waals surface area contributed by atoms with Crippen molar-refractivity contribution in [3.8, 4) is 0 Å². The van der Waals surface area contributed by atoms with E-state index in [9.17, 15) is 13.2 Å². The molecule has 0 radical (unpaired) electrons. The lowest BCUT2D eigenvalue weighted by Gasteiger charge is -2.29. The molecule has 2 heterocycles. The van der Waals surface area contributed by atoms with Crippen LogP contribution < -0.4 is 0 Å². The molecule has 0 saturated heterocycles. The molecule has 0 amide bonds. The Balaban J connectivity index is 1.44. The fourth-order valence-corrected chi connectivity index (χ4v) is 5.73. The van der Waals surface area contributed by atoms with Crippen molar-refractivity contribution >= 4 is 0 Å². The van der Waals surface area contributed by atoms with Gasteiger partial charge in [-0.25, -0.2) is 22.8 Å². The maximum Gasteiger partial charge on any atom is 0.194 e. The molecule has 2 saturated carbocycles. The van der Waals surface area contributed by atoms with E-state index in [1.165, 1.54) is 38.2 Å². The number of aryl methyl sites for hydroxylation is 1. The van der Waals surface area contributed by atoms with E-state index in [0.717, 1.165) is 43.1 Å². The molecule has 2 bridgehead atoms. The molecule has 1 aliphatic heterocycles. The highest BCUT2D eigenvalue weighted by Crippen LogP contribution is 2.48. The maximum absolute atomic E-state index is 14.4. The highest BCUT2D eigenvalue weighted by Gasteiger charge is 2.39. The Morgan fingerprint density at radius 2 is 1.70 bits per heavy atom. The first-order valence-electron chi connectivity index (χ1n) is 10.2. The predicted molar refractivity (Wildman–Crippen MR) is 94.7 cm³/mol. The van der Waals surface area contributed by atoms with E-state index in [1.54, 1.807) is 0 Å². The van der Waals surface area contributed by atoms with Crippen molar-refractivity contribution in [1.82, 2.24) is 14.8 Å². The van der Waals surface area contributed by atoms with Crippen LogP contribution in [0, 0.1) is 35.2 Å². The minimum Gasteiger partial charge on any atom is -0.249 e. The van der Waals surface area contributed by atoms with Gasteiger partial charge < -0.3 is 0 Å². The number of hydrogen-bond donors (Lipinski definition) is 0. The fraction of sp³-hybridized carbons (Fsp3) is 0.619. The highest BCUT2D eigenvalue weighted by atomic mass is 19.2. The van der Waals surface area contributed by atoms with Crippen molar-refractivity contribution < 1.29 is 13.2 Å². The van der Waals surface area contributed by atoms with Gasteiger partial charge in [-0.15, -0.1) is 0 Å². The van der Waals surface area contributed by atoms with E-state index in [0.29, 0.717) is 18.2 Å². The Bertz CT molecular complexity index is 847. The molecule has 0 spiro atoms. The van der Waals surface area contributed by atoms with Gasteiger partial charge >= 0.3 is 0 Å². The summed E-state index contributed by atoms with van der Waals surface area (Å²) in [5.41, 5.74) is 0.187. The van der Waals surface area contributed by atoms with Crippen molar-refractivity contribution in [2.75, 3.05) is 0 Å². The number of benzene rings is 1. The van der Waals surface area contributed by atoms with Gasteiger partial charge in [0.1, 0.15) is 5.82 Å². The first-order valence-corrected chi connectivity index (χ1v) is 10.2. The summed E-state index contributed by atoms with van der Waals surface area (Å²) in [5, 5.41) is 4.70. The number of nitrogens with zero attached hydrogens (tertiary/aromatic N) is 3. The third-order valence-electron chi connectivity index (χ3n) is 7.05. The molecule has 5 rings (SSSR count). The van der Waals surface area contributed by atoms with E-state index in [1.807, 2.05) is 4.68 Å². The van der Waals surface area contributed by atoms with Gasteiger partial charge in [-0.05, 0) is 49.5 Å². The van der Waals surface area contributed by atoms with Crippen molar-refractivity contribution in [2.45, 2.75) is 63.8 Å². The topological polar surface area (TPSA) is 30.7 Å². The van der Waals surface area contributed by atoms with Crippen molar-refractivity contribution in [2.24, 2.45) is 17.8 Å². The first kappa shape index (κ1) is 17.3. The summed E-state index contributed by atoms with van der Waals surface area (Å²) in [4.78, 5) is 4.76. The Kier molecular flexibility index (Phi) is 4.25. The molecule has 2 aromatic rings. The quantitative estimate of drug-likeness (QED) is 0.708. The SMILES string of the molecule is Fc1ccc(C2CCCn3nc(CC4[C@@H]5CCC[C@H]4CC5)nc32)c(F)c1F. The first-order chi connectivity index (χ1) is 13.1. The van der Waals surface area contributed by atoms with Crippen LogP contribution in [0.1, 0.15) is 68.1 Å². The largest absolute Gasteiger partial charge is 0.249 e. The molecule has 4 atom stereocenters. The molecule has 2 unspecified atom stereocenters. The van der Waals surface area contributed by atoms with E-state index >= 15 is 0 Å². The highest BCUT2D eigenvalue weighted by molar-refractivity contribution is 5.29. The Labute approximate surface area is 157 Å². The van der Waals surface area contributed by atoms with Crippen LogP contribution in [0.15, 0.2) is 12.1 Å². The Hall–Kier alpha value is -1.85. The molecule has 3 nitrogen and oxygen atoms in total. The van der Waals surface area contributed by atoms with Crippen LogP contribution in [0.25, 0.3) is 0 Å². The predicted octanol–water partition coefficient (Wildman–Crippen LogP) is 4.99. The zero-order chi connectivity index (χ0) is 18.5. The molecule has 1 aromatic heterocycles. The van der Waals surface area contributed by atoms with Gasteiger partial charge in [0.25, 0.3) is 0 Å². The van der Waals surface area contributed by atoms with Crippen molar-refractivity contribution in [3.63, 3.8) is 0 Å². The standard InChI is InChI=1S/C21H24F3N3/c22-17-9-8-14(19(23)20(17)24)15-5-2-10-27-21(15)25-18(26-27)11-16-12-3-1-4-13(16)7-6-12/h8-9,12-13,15-16H,1-7,10-11H2/t12-,13+,15?,16?. The van der Waals surface area contributed by atoms with Gasteiger partial charge in [-0.2, -0.15) is 5.10 Å². The monoisotopic (exact) mass is 375 g/mol. The molecule has 144 valence electrons. The summed E-state index contributed by atoms with van der Waals surface area (Å²) in [5.74, 6) is -0.214. The summed E-state index contributed by atoms with van der Waals surface area (Å²) in [7, 11) is 0. The molecule has 6 heteroatoms. The number of hydrogen-bond acceptors (Lipinski definition) is 2. The second-order valence-corrected chi connectivity index (χ2v) is 8.47. The Morgan fingerprint density at radius 1 is 0.926 bits per heavy atom. The minimum absolute atomic E-state index is 0.187. The lowest BCUT2D eigenvalue weighted by molar-refractivity contribution is 0.223. The average molecular weight is 375 g/mol. The zero-order valence-corrected chi connectivity index (χ0v) is 15.3.